The summed E-state index contributed by atoms with van der Waals surface area (Å²) in [5.74, 6) is 1.60. The van der Waals surface area contributed by atoms with Crippen molar-refractivity contribution in [3.8, 4) is 0 Å². The van der Waals surface area contributed by atoms with E-state index in [2.05, 4.69) is 14.9 Å². The highest BCUT2D eigenvalue weighted by atomic mass is 32.2. The Morgan fingerprint density at radius 1 is 1.04 bits per heavy atom. The first-order valence-electron chi connectivity index (χ1n) is 8.46. The Labute approximate surface area is 157 Å². The minimum atomic E-state index is -3.70. The third-order valence-corrected chi connectivity index (χ3v) is 5.59. The zero-order valence-corrected chi connectivity index (χ0v) is 16.2. The second-order valence-electron chi connectivity index (χ2n) is 6.57. The van der Waals surface area contributed by atoms with E-state index in [1.807, 2.05) is 24.8 Å². The molecule has 10 heteroatoms. The number of nitrogens with zero attached hydrogens (tertiary/aromatic N) is 5. The highest BCUT2D eigenvalue weighted by molar-refractivity contribution is 7.90. The number of hydrogen-bond acceptors (Lipinski definition) is 8. The molecule has 0 radical (unpaired) electrons. The molecule has 1 aromatic heterocycles. The number of nitro groups is 1. The molecule has 0 spiro atoms. The maximum Gasteiger partial charge on any atom is 0.288 e. The van der Waals surface area contributed by atoms with Crippen LogP contribution < -0.4 is 9.80 Å². The summed E-state index contributed by atoms with van der Waals surface area (Å²) in [6.07, 6.45) is 0.983. The summed E-state index contributed by atoms with van der Waals surface area (Å²) in [4.78, 5) is 23.1. The molecule has 0 unspecified atom stereocenters. The van der Waals surface area contributed by atoms with Crippen molar-refractivity contribution in [2.24, 2.45) is 0 Å². The topological polar surface area (TPSA) is 110 Å². The van der Waals surface area contributed by atoms with Gasteiger partial charge < -0.3 is 9.80 Å². The highest BCUT2D eigenvalue weighted by Gasteiger charge is 2.25. The lowest BCUT2D eigenvalue weighted by atomic mass is 10.2. The summed E-state index contributed by atoms with van der Waals surface area (Å²) in [6.45, 7) is 6.52. The van der Waals surface area contributed by atoms with Crippen LogP contribution in [-0.2, 0) is 9.84 Å². The van der Waals surface area contributed by atoms with Gasteiger partial charge in [-0.3, -0.25) is 10.1 Å². The molecule has 2 heterocycles. The van der Waals surface area contributed by atoms with Gasteiger partial charge in [0.05, 0.1) is 4.92 Å². The Kier molecular flexibility index (Phi) is 5.01. The minimum Gasteiger partial charge on any atom is -0.368 e. The molecule has 144 valence electrons. The summed E-state index contributed by atoms with van der Waals surface area (Å²) >= 11 is 0. The number of nitro benzene ring substituents is 1. The van der Waals surface area contributed by atoms with Gasteiger partial charge in [-0.15, -0.1) is 0 Å². The van der Waals surface area contributed by atoms with Crippen LogP contribution in [0.4, 0.5) is 17.2 Å². The van der Waals surface area contributed by atoms with Crippen LogP contribution in [0.5, 0.6) is 0 Å². The fourth-order valence-electron chi connectivity index (χ4n) is 3.20. The lowest BCUT2D eigenvalue weighted by Gasteiger charge is -2.37. The van der Waals surface area contributed by atoms with Gasteiger partial charge in [0.25, 0.3) is 5.69 Å². The van der Waals surface area contributed by atoms with Gasteiger partial charge in [0.1, 0.15) is 16.5 Å². The molecule has 1 saturated heterocycles. The molecule has 0 saturated carbocycles. The van der Waals surface area contributed by atoms with E-state index >= 15 is 0 Å². The molecule has 2 aromatic rings. The predicted octanol–water partition coefficient (Wildman–Crippen LogP) is 1.73. The number of benzene rings is 1. The Morgan fingerprint density at radius 2 is 1.67 bits per heavy atom. The lowest BCUT2D eigenvalue weighted by molar-refractivity contribution is -0.387. The van der Waals surface area contributed by atoms with Crippen LogP contribution in [0.2, 0.25) is 0 Å². The fourth-order valence-corrected chi connectivity index (χ4v) is 4.06. The third-order valence-electron chi connectivity index (χ3n) is 4.46. The van der Waals surface area contributed by atoms with Crippen molar-refractivity contribution in [3.05, 3.63) is 45.9 Å². The van der Waals surface area contributed by atoms with E-state index in [1.165, 1.54) is 12.1 Å². The second-order valence-corrected chi connectivity index (χ2v) is 8.55. The average Bonchev–Trinajstić information content (AvgIpc) is 2.59. The molecular formula is C17H21N5O4S. The molecule has 1 aliphatic rings. The zero-order chi connectivity index (χ0) is 19.8. The summed E-state index contributed by atoms with van der Waals surface area (Å²) < 4.78 is 23.9. The smallest absolute Gasteiger partial charge is 0.288 e. The Hall–Kier alpha value is -2.75. The number of sulfone groups is 1. The minimum absolute atomic E-state index is 0.255. The number of rotatable bonds is 4. The van der Waals surface area contributed by atoms with Crippen LogP contribution in [0.25, 0.3) is 0 Å². The van der Waals surface area contributed by atoms with Crippen molar-refractivity contribution in [3.63, 3.8) is 0 Å². The van der Waals surface area contributed by atoms with E-state index in [-0.39, 0.29) is 4.90 Å². The standard InChI is InChI=1S/C17H21N5O4S/c1-12-10-17(19-13(2)18-12)21-8-6-20(7-9-21)14-4-5-15(22(23)24)16(11-14)27(3,25)26/h4-5,10-11H,6-9H2,1-3H3. The van der Waals surface area contributed by atoms with Gasteiger partial charge in [-0.2, -0.15) is 0 Å². The molecule has 9 nitrogen and oxygen atoms in total. The fraction of sp³-hybridized carbons (Fsp3) is 0.412. The monoisotopic (exact) mass is 391 g/mol. The van der Waals surface area contributed by atoms with Crippen molar-refractivity contribution in [2.75, 3.05) is 42.2 Å². The van der Waals surface area contributed by atoms with Gasteiger partial charge in [0, 0.05) is 55.9 Å². The SMILES string of the molecule is Cc1cc(N2CCN(c3ccc([N+](=O)[O-])c(S(C)(=O)=O)c3)CC2)nc(C)n1. The van der Waals surface area contributed by atoms with Crippen LogP contribution in [0.3, 0.4) is 0 Å². The second kappa shape index (κ2) is 7.10. The van der Waals surface area contributed by atoms with E-state index < -0.39 is 20.4 Å². The van der Waals surface area contributed by atoms with Crippen LogP contribution in [0, 0.1) is 24.0 Å². The van der Waals surface area contributed by atoms with E-state index in [0.29, 0.717) is 31.9 Å². The van der Waals surface area contributed by atoms with Gasteiger partial charge in [0.15, 0.2) is 9.84 Å². The highest BCUT2D eigenvalue weighted by Crippen LogP contribution is 2.29. The van der Waals surface area contributed by atoms with Gasteiger partial charge in [0.2, 0.25) is 0 Å². The van der Waals surface area contributed by atoms with E-state index in [1.54, 1.807) is 6.07 Å². The normalized spacial score (nSPS) is 15.1. The summed E-state index contributed by atoms with van der Waals surface area (Å²) in [5.41, 5.74) is 1.18. The summed E-state index contributed by atoms with van der Waals surface area (Å²) in [6, 6.07) is 6.19. The van der Waals surface area contributed by atoms with Gasteiger partial charge >= 0.3 is 0 Å². The maximum atomic E-state index is 11.9. The first-order valence-corrected chi connectivity index (χ1v) is 10.3. The molecule has 0 aliphatic carbocycles. The molecule has 3 rings (SSSR count). The molecular weight excluding hydrogens is 370 g/mol. The van der Waals surface area contributed by atoms with E-state index in [4.69, 9.17) is 0 Å². The predicted molar refractivity (Wildman–Crippen MR) is 102 cm³/mol. The Balaban J connectivity index is 1.81. The molecule has 0 bridgehead atoms. The molecule has 1 aromatic carbocycles. The van der Waals surface area contributed by atoms with Crippen molar-refractivity contribution < 1.29 is 13.3 Å². The number of aryl methyl sites for hydroxylation is 2. The Morgan fingerprint density at radius 3 is 2.22 bits per heavy atom. The molecule has 1 fully saturated rings. The van der Waals surface area contributed by atoms with Crippen LogP contribution >= 0.6 is 0 Å². The average molecular weight is 391 g/mol. The summed E-state index contributed by atoms with van der Waals surface area (Å²) in [5, 5.41) is 11.1. The van der Waals surface area contributed by atoms with Crippen molar-refractivity contribution in [1.29, 1.82) is 0 Å². The molecule has 27 heavy (non-hydrogen) atoms. The van der Waals surface area contributed by atoms with Gasteiger partial charge in [-0.05, 0) is 26.0 Å². The Bertz CT molecular complexity index is 965. The number of piperazine rings is 1. The van der Waals surface area contributed by atoms with Crippen LogP contribution in [0.15, 0.2) is 29.2 Å². The first-order chi connectivity index (χ1) is 12.6. The number of hydrogen-bond donors (Lipinski definition) is 0. The van der Waals surface area contributed by atoms with Crippen molar-refractivity contribution in [2.45, 2.75) is 18.7 Å². The lowest BCUT2D eigenvalue weighted by Crippen LogP contribution is -2.47. The summed E-state index contributed by atoms with van der Waals surface area (Å²) in [7, 11) is -3.70. The maximum absolute atomic E-state index is 11.9. The van der Waals surface area contributed by atoms with Crippen LogP contribution in [0.1, 0.15) is 11.5 Å². The third kappa shape index (κ3) is 4.16. The number of anilines is 2. The molecule has 0 atom stereocenters. The van der Waals surface area contributed by atoms with Gasteiger partial charge in [-0.25, -0.2) is 18.4 Å². The van der Waals surface area contributed by atoms with Crippen molar-refractivity contribution >= 4 is 27.0 Å². The first kappa shape index (κ1) is 19.0. The van der Waals surface area contributed by atoms with E-state index in [0.717, 1.165) is 23.6 Å². The number of aromatic nitrogens is 2. The van der Waals surface area contributed by atoms with E-state index in [9.17, 15) is 18.5 Å². The van der Waals surface area contributed by atoms with Gasteiger partial charge in [-0.1, -0.05) is 0 Å². The molecule has 0 N–H and O–H groups in total. The van der Waals surface area contributed by atoms with Crippen molar-refractivity contribution in [1.82, 2.24) is 9.97 Å². The zero-order valence-electron chi connectivity index (χ0n) is 15.4. The molecule has 0 amide bonds. The molecule has 1 aliphatic heterocycles. The quantitative estimate of drug-likeness (QED) is 0.572. The van der Waals surface area contributed by atoms with Crippen LogP contribution in [-0.4, -0.2) is 55.7 Å². The largest absolute Gasteiger partial charge is 0.368 e.